The molecule has 0 aliphatic heterocycles. The van der Waals surface area contributed by atoms with Crippen molar-refractivity contribution in [2.24, 2.45) is 0 Å². The number of nitrogens with two attached hydrogens (primary N) is 1. The van der Waals surface area contributed by atoms with Gasteiger partial charge in [-0.05, 0) is 44.4 Å². The fourth-order valence-electron chi connectivity index (χ4n) is 1.85. The molecule has 0 aromatic heterocycles. The standard InChI is InChI=1S/C13H22N2O3S/c1-9-5-6-12(14)13(11(9)3)19(16,17)15-10(2)7-8-18-4/h5-6,10,15H,7-8,14H2,1-4H3. The Kier molecular flexibility index (Phi) is 5.34. The summed E-state index contributed by atoms with van der Waals surface area (Å²) in [5.41, 5.74) is 7.67. The normalized spacial score (nSPS) is 13.5. The van der Waals surface area contributed by atoms with Crippen LogP contribution in [0.25, 0.3) is 0 Å². The van der Waals surface area contributed by atoms with Crippen LogP contribution in [0, 0.1) is 13.8 Å². The van der Waals surface area contributed by atoms with Crippen molar-refractivity contribution in [2.75, 3.05) is 19.5 Å². The number of sulfonamides is 1. The van der Waals surface area contributed by atoms with Gasteiger partial charge >= 0.3 is 0 Å². The van der Waals surface area contributed by atoms with E-state index in [1.807, 2.05) is 13.0 Å². The second kappa shape index (κ2) is 6.36. The quantitative estimate of drug-likeness (QED) is 0.778. The van der Waals surface area contributed by atoms with Gasteiger partial charge in [0.25, 0.3) is 0 Å². The Hall–Kier alpha value is -1.11. The van der Waals surface area contributed by atoms with Crippen LogP contribution in [0.4, 0.5) is 5.69 Å². The Morgan fingerprint density at radius 1 is 1.37 bits per heavy atom. The maximum Gasteiger partial charge on any atom is 0.243 e. The number of methoxy groups -OCH3 is 1. The highest BCUT2D eigenvalue weighted by Crippen LogP contribution is 2.25. The molecule has 0 radical (unpaired) electrons. The molecule has 1 atom stereocenters. The predicted octanol–water partition coefficient (Wildman–Crippen LogP) is 1.59. The lowest BCUT2D eigenvalue weighted by Gasteiger charge is -2.17. The molecule has 1 aromatic carbocycles. The lowest BCUT2D eigenvalue weighted by Crippen LogP contribution is -2.34. The summed E-state index contributed by atoms with van der Waals surface area (Å²) in [7, 11) is -2.02. The van der Waals surface area contributed by atoms with Crippen molar-refractivity contribution >= 4 is 15.7 Å². The molecule has 0 aliphatic rings. The van der Waals surface area contributed by atoms with Crippen molar-refractivity contribution in [3.8, 4) is 0 Å². The lowest BCUT2D eigenvalue weighted by atomic mass is 10.1. The summed E-state index contributed by atoms with van der Waals surface area (Å²) in [6, 6.07) is 3.23. The molecule has 0 saturated heterocycles. The molecule has 0 aliphatic carbocycles. The van der Waals surface area contributed by atoms with Crippen molar-refractivity contribution in [1.29, 1.82) is 0 Å². The van der Waals surface area contributed by atoms with Gasteiger partial charge in [-0.1, -0.05) is 6.07 Å². The number of hydrogen-bond donors (Lipinski definition) is 2. The Bertz CT molecular complexity index is 541. The van der Waals surface area contributed by atoms with E-state index in [4.69, 9.17) is 10.5 Å². The summed E-state index contributed by atoms with van der Waals surface area (Å²) in [4.78, 5) is 0.178. The number of aryl methyl sites for hydroxylation is 1. The molecule has 1 aromatic rings. The van der Waals surface area contributed by atoms with Gasteiger partial charge in [-0.25, -0.2) is 13.1 Å². The summed E-state index contributed by atoms with van der Waals surface area (Å²) >= 11 is 0. The molecule has 108 valence electrons. The average Bonchev–Trinajstić information content (AvgIpc) is 2.31. The van der Waals surface area contributed by atoms with Gasteiger partial charge < -0.3 is 10.5 Å². The molecule has 1 rings (SSSR count). The van der Waals surface area contributed by atoms with Crippen molar-refractivity contribution < 1.29 is 13.2 Å². The van der Waals surface area contributed by atoms with Crippen molar-refractivity contribution in [2.45, 2.75) is 38.1 Å². The fourth-order valence-corrected chi connectivity index (χ4v) is 3.55. The van der Waals surface area contributed by atoms with E-state index < -0.39 is 10.0 Å². The number of hydrogen-bond acceptors (Lipinski definition) is 4. The molecule has 0 fully saturated rings. The van der Waals surface area contributed by atoms with Crippen LogP contribution < -0.4 is 10.5 Å². The van der Waals surface area contributed by atoms with E-state index in [-0.39, 0.29) is 16.6 Å². The Morgan fingerprint density at radius 2 is 2.00 bits per heavy atom. The van der Waals surface area contributed by atoms with Crippen molar-refractivity contribution in [3.05, 3.63) is 23.3 Å². The highest BCUT2D eigenvalue weighted by Gasteiger charge is 2.22. The average molecular weight is 286 g/mol. The van der Waals surface area contributed by atoms with Crippen LogP contribution in [-0.4, -0.2) is 28.2 Å². The van der Waals surface area contributed by atoms with E-state index in [1.165, 1.54) is 0 Å². The third-order valence-electron chi connectivity index (χ3n) is 3.09. The molecule has 0 bridgehead atoms. The summed E-state index contributed by atoms with van der Waals surface area (Å²) in [5, 5.41) is 0. The Morgan fingerprint density at radius 3 is 2.58 bits per heavy atom. The fraction of sp³-hybridized carbons (Fsp3) is 0.538. The van der Waals surface area contributed by atoms with Crippen LogP contribution >= 0.6 is 0 Å². The van der Waals surface area contributed by atoms with Crippen LogP contribution in [0.2, 0.25) is 0 Å². The third kappa shape index (κ3) is 3.92. The number of nitrogens with one attached hydrogen (secondary N) is 1. The first-order chi connectivity index (χ1) is 8.79. The van der Waals surface area contributed by atoms with Gasteiger partial charge in [0.2, 0.25) is 10.0 Å². The molecule has 6 heteroatoms. The topological polar surface area (TPSA) is 81.4 Å². The molecule has 0 saturated carbocycles. The maximum absolute atomic E-state index is 12.4. The van der Waals surface area contributed by atoms with E-state index >= 15 is 0 Å². The lowest BCUT2D eigenvalue weighted by molar-refractivity contribution is 0.188. The highest BCUT2D eigenvalue weighted by atomic mass is 32.2. The zero-order chi connectivity index (χ0) is 14.6. The summed E-state index contributed by atoms with van der Waals surface area (Å²) in [6.45, 7) is 5.94. The predicted molar refractivity (Wildman–Crippen MR) is 76.6 cm³/mol. The second-order valence-corrected chi connectivity index (χ2v) is 6.38. The van der Waals surface area contributed by atoms with E-state index in [9.17, 15) is 8.42 Å². The van der Waals surface area contributed by atoms with E-state index in [1.54, 1.807) is 27.0 Å². The number of nitrogen functional groups attached to an aromatic ring is 1. The Labute approximate surface area is 115 Å². The molecule has 0 amide bonds. The van der Waals surface area contributed by atoms with Crippen molar-refractivity contribution in [1.82, 2.24) is 4.72 Å². The SMILES string of the molecule is COCCC(C)NS(=O)(=O)c1c(N)ccc(C)c1C. The van der Waals surface area contributed by atoms with Gasteiger partial charge in [0, 0.05) is 19.8 Å². The number of ether oxygens (including phenoxy) is 1. The summed E-state index contributed by atoms with van der Waals surface area (Å²) in [5.74, 6) is 0. The van der Waals surface area contributed by atoms with Crippen molar-refractivity contribution in [3.63, 3.8) is 0 Å². The molecular formula is C13H22N2O3S. The van der Waals surface area contributed by atoms with Gasteiger partial charge in [-0.2, -0.15) is 0 Å². The van der Waals surface area contributed by atoms with Crippen LogP contribution in [0.3, 0.4) is 0 Å². The zero-order valence-electron chi connectivity index (χ0n) is 11.9. The van der Waals surface area contributed by atoms with Gasteiger partial charge in [0.05, 0.1) is 5.69 Å². The minimum absolute atomic E-state index is 0.178. The Balaban J connectivity index is 3.04. The molecule has 0 heterocycles. The maximum atomic E-state index is 12.4. The van der Waals surface area contributed by atoms with E-state index in [2.05, 4.69) is 4.72 Å². The van der Waals surface area contributed by atoms with Crippen LogP contribution in [0.1, 0.15) is 24.5 Å². The zero-order valence-corrected chi connectivity index (χ0v) is 12.7. The number of benzene rings is 1. The molecule has 0 spiro atoms. The second-order valence-electron chi connectivity index (χ2n) is 4.73. The van der Waals surface area contributed by atoms with Gasteiger partial charge in [0.15, 0.2) is 0 Å². The number of rotatable bonds is 6. The molecule has 5 nitrogen and oxygen atoms in total. The minimum Gasteiger partial charge on any atom is -0.398 e. The van der Waals surface area contributed by atoms with Gasteiger partial charge in [-0.15, -0.1) is 0 Å². The van der Waals surface area contributed by atoms with Crippen LogP contribution in [0.5, 0.6) is 0 Å². The van der Waals surface area contributed by atoms with E-state index in [0.717, 1.165) is 5.56 Å². The highest BCUT2D eigenvalue weighted by molar-refractivity contribution is 7.89. The molecule has 3 N–H and O–H groups in total. The number of anilines is 1. The molecule has 19 heavy (non-hydrogen) atoms. The monoisotopic (exact) mass is 286 g/mol. The summed E-state index contributed by atoms with van der Waals surface area (Å²) < 4.78 is 32.3. The van der Waals surface area contributed by atoms with Crippen LogP contribution in [-0.2, 0) is 14.8 Å². The molecular weight excluding hydrogens is 264 g/mol. The van der Waals surface area contributed by atoms with Gasteiger partial charge in [0.1, 0.15) is 4.90 Å². The molecule has 1 unspecified atom stereocenters. The minimum atomic E-state index is -3.60. The third-order valence-corrected chi connectivity index (χ3v) is 4.88. The van der Waals surface area contributed by atoms with Gasteiger partial charge in [-0.3, -0.25) is 0 Å². The first-order valence-electron chi connectivity index (χ1n) is 6.16. The summed E-state index contributed by atoms with van der Waals surface area (Å²) in [6.07, 6.45) is 0.612. The van der Waals surface area contributed by atoms with E-state index in [0.29, 0.717) is 18.6 Å². The first kappa shape index (κ1) is 15.9. The first-order valence-corrected chi connectivity index (χ1v) is 7.65. The van der Waals surface area contributed by atoms with Crippen LogP contribution in [0.15, 0.2) is 17.0 Å². The smallest absolute Gasteiger partial charge is 0.243 e. The largest absolute Gasteiger partial charge is 0.398 e.